The van der Waals surface area contributed by atoms with Crippen molar-refractivity contribution in [1.29, 1.82) is 0 Å². The Morgan fingerprint density at radius 1 is 1.24 bits per heavy atom. The summed E-state index contributed by atoms with van der Waals surface area (Å²) in [5.74, 6) is 0.0615. The Labute approximate surface area is 136 Å². The summed E-state index contributed by atoms with van der Waals surface area (Å²) in [4.78, 5) is 18.5. The largest absolute Gasteiger partial charge is 0.482 e. The summed E-state index contributed by atoms with van der Waals surface area (Å²) in [7, 11) is 0. The normalized spacial score (nSPS) is 10.4. The second-order valence-corrected chi connectivity index (χ2v) is 5.38. The Morgan fingerprint density at radius 2 is 2.00 bits per heavy atom. The summed E-state index contributed by atoms with van der Waals surface area (Å²) in [6.45, 7) is 0.333. The zero-order valence-corrected chi connectivity index (χ0v) is 13.1. The Hall–Kier alpha value is -1.43. The van der Waals surface area contributed by atoms with Gasteiger partial charge in [-0.25, -0.2) is 4.98 Å². The topological polar surface area (TPSA) is 67.0 Å². The fourth-order valence-electron chi connectivity index (χ4n) is 1.57. The van der Waals surface area contributed by atoms with Gasteiger partial charge >= 0.3 is 0 Å². The predicted molar refractivity (Wildman–Crippen MR) is 82.3 cm³/mol. The number of halogens is 3. The molecule has 0 radical (unpaired) electrons. The number of imidazole rings is 1. The minimum atomic E-state index is -0.253. The van der Waals surface area contributed by atoms with E-state index in [4.69, 9.17) is 39.5 Å². The molecule has 21 heavy (non-hydrogen) atoms. The van der Waals surface area contributed by atoms with Crippen LogP contribution in [0, 0.1) is 0 Å². The summed E-state index contributed by atoms with van der Waals surface area (Å²) < 4.78 is 5.31. The molecule has 0 saturated heterocycles. The summed E-state index contributed by atoms with van der Waals surface area (Å²) in [6, 6.07) is 2.95. The summed E-state index contributed by atoms with van der Waals surface area (Å²) in [5, 5.41) is 3.67. The second kappa shape index (κ2) is 7.54. The molecule has 2 N–H and O–H groups in total. The Kier molecular flexibility index (Phi) is 5.73. The third kappa shape index (κ3) is 4.81. The molecular formula is C13H12Cl3N3O2. The average molecular weight is 349 g/mol. The lowest BCUT2D eigenvalue weighted by molar-refractivity contribution is -0.123. The zero-order chi connectivity index (χ0) is 15.2. The monoisotopic (exact) mass is 347 g/mol. The van der Waals surface area contributed by atoms with Crippen LogP contribution in [0.4, 0.5) is 0 Å². The van der Waals surface area contributed by atoms with Crippen LogP contribution in [-0.4, -0.2) is 29.0 Å². The number of aromatic amines is 1. The molecule has 2 aromatic rings. The van der Waals surface area contributed by atoms with Crippen molar-refractivity contribution in [2.75, 3.05) is 13.2 Å². The lowest BCUT2D eigenvalue weighted by atomic mass is 10.3. The van der Waals surface area contributed by atoms with Gasteiger partial charge in [0, 0.05) is 30.9 Å². The van der Waals surface area contributed by atoms with Gasteiger partial charge < -0.3 is 15.0 Å². The number of nitrogens with zero attached hydrogens (tertiary/aromatic N) is 1. The predicted octanol–water partition coefficient (Wildman–Crippen LogP) is 3.11. The van der Waals surface area contributed by atoms with Crippen LogP contribution in [0.15, 0.2) is 24.7 Å². The van der Waals surface area contributed by atoms with Gasteiger partial charge in [0.1, 0.15) is 5.75 Å². The smallest absolute Gasteiger partial charge is 0.257 e. The van der Waals surface area contributed by atoms with Crippen LogP contribution >= 0.6 is 34.8 Å². The van der Waals surface area contributed by atoms with Crippen molar-refractivity contribution in [2.45, 2.75) is 6.42 Å². The number of hydrogen-bond acceptors (Lipinski definition) is 3. The van der Waals surface area contributed by atoms with E-state index in [1.807, 2.05) is 0 Å². The van der Waals surface area contributed by atoms with Gasteiger partial charge in [-0.15, -0.1) is 0 Å². The van der Waals surface area contributed by atoms with Gasteiger partial charge in [0.15, 0.2) is 6.61 Å². The van der Waals surface area contributed by atoms with Crippen molar-refractivity contribution < 1.29 is 9.53 Å². The number of rotatable bonds is 6. The Bertz CT molecular complexity index is 617. The van der Waals surface area contributed by atoms with Gasteiger partial charge in [-0.3, -0.25) is 4.79 Å². The fraction of sp³-hybridized carbons (Fsp3) is 0.231. The first-order valence-corrected chi connectivity index (χ1v) is 7.21. The summed E-state index contributed by atoms with van der Waals surface area (Å²) in [6.07, 6.45) is 3.96. The molecule has 0 saturated carbocycles. The maximum Gasteiger partial charge on any atom is 0.257 e. The van der Waals surface area contributed by atoms with Crippen molar-refractivity contribution in [3.63, 3.8) is 0 Å². The number of H-pyrrole nitrogens is 1. The molecule has 0 aliphatic carbocycles. The Balaban J connectivity index is 1.77. The van der Waals surface area contributed by atoms with Crippen molar-refractivity contribution in [2.24, 2.45) is 0 Å². The van der Waals surface area contributed by atoms with E-state index in [-0.39, 0.29) is 12.5 Å². The number of nitrogens with one attached hydrogen (secondary N) is 2. The first-order chi connectivity index (χ1) is 10.1. The molecule has 1 aromatic heterocycles. The highest BCUT2D eigenvalue weighted by Gasteiger charge is 2.09. The van der Waals surface area contributed by atoms with E-state index in [1.54, 1.807) is 12.5 Å². The number of carbonyl (C=O) groups excluding carboxylic acids is 1. The molecule has 0 aliphatic rings. The first-order valence-electron chi connectivity index (χ1n) is 6.07. The zero-order valence-electron chi connectivity index (χ0n) is 10.8. The van der Waals surface area contributed by atoms with Crippen LogP contribution in [0.2, 0.25) is 15.1 Å². The lowest BCUT2D eigenvalue weighted by Crippen LogP contribution is -2.30. The number of hydrogen-bond donors (Lipinski definition) is 2. The quantitative estimate of drug-likeness (QED) is 0.788. The third-order valence-corrected chi connectivity index (χ3v) is 3.62. The molecule has 112 valence electrons. The molecule has 0 unspecified atom stereocenters. The van der Waals surface area contributed by atoms with E-state index in [2.05, 4.69) is 15.3 Å². The standard InChI is InChI=1S/C13H12Cl3N3O2/c14-9-3-11(16)12(4-10(9)15)21-6-13(20)18-2-1-8-5-17-7-19-8/h3-5,7H,1-2,6H2,(H,17,19)(H,18,20). The van der Waals surface area contributed by atoms with Gasteiger partial charge in [0.25, 0.3) is 5.91 Å². The number of ether oxygens (including phenoxy) is 1. The van der Waals surface area contributed by atoms with Gasteiger partial charge in [0.2, 0.25) is 0 Å². The highest BCUT2D eigenvalue weighted by molar-refractivity contribution is 6.43. The van der Waals surface area contributed by atoms with E-state index < -0.39 is 0 Å². The number of carbonyl (C=O) groups is 1. The van der Waals surface area contributed by atoms with Crippen molar-refractivity contribution in [3.8, 4) is 5.75 Å². The molecule has 0 atom stereocenters. The molecule has 2 rings (SSSR count). The van der Waals surface area contributed by atoms with Crippen molar-refractivity contribution >= 4 is 40.7 Å². The maximum absolute atomic E-state index is 11.6. The van der Waals surface area contributed by atoms with Gasteiger partial charge in [-0.2, -0.15) is 0 Å². The molecule has 0 fully saturated rings. The first kappa shape index (κ1) is 15.9. The van der Waals surface area contributed by atoms with E-state index in [1.165, 1.54) is 12.1 Å². The highest BCUT2D eigenvalue weighted by Crippen LogP contribution is 2.33. The van der Waals surface area contributed by atoms with Gasteiger partial charge in [-0.1, -0.05) is 34.8 Å². The van der Waals surface area contributed by atoms with Crippen LogP contribution in [0.3, 0.4) is 0 Å². The van der Waals surface area contributed by atoms with Crippen LogP contribution in [-0.2, 0) is 11.2 Å². The van der Waals surface area contributed by atoms with E-state index >= 15 is 0 Å². The van der Waals surface area contributed by atoms with Gasteiger partial charge in [0.05, 0.1) is 21.4 Å². The van der Waals surface area contributed by atoms with E-state index in [9.17, 15) is 4.79 Å². The lowest BCUT2D eigenvalue weighted by Gasteiger charge is -2.09. The third-order valence-electron chi connectivity index (χ3n) is 2.60. The fourth-order valence-corrected chi connectivity index (χ4v) is 2.16. The van der Waals surface area contributed by atoms with Crippen molar-refractivity contribution in [3.05, 3.63) is 45.4 Å². The van der Waals surface area contributed by atoms with Crippen LogP contribution in [0.1, 0.15) is 5.69 Å². The molecule has 1 amide bonds. The van der Waals surface area contributed by atoms with E-state index in [0.717, 1.165) is 5.69 Å². The molecule has 8 heteroatoms. The molecular weight excluding hydrogens is 337 g/mol. The molecule has 1 heterocycles. The maximum atomic E-state index is 11.6. The minimum absolute atomic E-state index is 0.152. The van der Waals surface area contributed by atoms with Gasteiger partial charge in [-0.05, 0) is 6.07 Å². The number of aromatic nitrogens is 2. The molecule has 0 spiro atoms. The van der Waals surface area contributed by atoms with Crippen molar-refractivity contribution in [1.82, 2.24) is 15.3 Å². The molecule has 0 aliphatic heterocycles. The van der Waals surface area contributed by atoms with Crippen LogP contribution in [0.25, 0.3) is 0 Å². The average Bonchev–Trinajstić information content (AvgIpc) is 2.94. The SMILES string of the molecule is O=C(COc1cc(Cl)c(Cl)cc1Cl)NCCc1cnc[nH]1. The van der Waals surface area contributed by atoms with E-state index in [0.29, 0.717) is 33.8 Å². The minimum Gasteiger partial charge on any atom is -0.482 e. The van der Waals surface area contributed by atoms with Crippen LogP contribution in [0.5, 0.6) is 5.75 Å². The summed E-state index contributed by atoms with van der Waals surface area (Å²) >= 11 is 17.6. The molecule has 1 aromatic carbocycles. The number of benzene rings is 1. The molecule has 0 bridgehead atoms. The molecule has 5 nitrogen and oxygen atoms in total. The van der Waals surface area contributed by atoms with Crippen LogP contribution < -0.4 is 10.1 Å². The number of amides is 1. The Morgan fingerprint density at radius 3 is 2.71 bits per heavy atom. The second-order valence-electron chi connectivity index (χ2n) is 4.16. The summed E-state index contributed by atoms with van der Waals surface area (Å²) in [5.41, 5.74) is 0.948. The highest BCUT2D eigenvalue weighted by atomic mass is 35.5.